The normalized spacial score (nSPS) is 10.9. The molecule has 0 fully saturated rings. The molecule has 1 aromatic carbocycles. The number of pyridine rings is 1. The van der Waals surface area contributed by atoms with Gasteiger partial charge in [-0.15, -0.1) is 0 Å². The molecule has 0 saturated carbocycles. The highest BCUT2D eigenvalue weighted by molar-refractivity contribution is 7.09. The van der Waals surface area contributed by atoms with Gasteiger partial charge in [0.15, 0.2) is 0 Å². The largest absolute Gasteiger partial charge is 0.398 e. The molecule has 0 saturated heterocycles. The van der Waals surface area contributed by atoms with Gasteiger partial charge in [0.25, 0.3) is 0 Å². The van der Waals surface area contributed by atoms with E-state index in [1.165, 1.54) is 11.5 Å². The molecule has 0 radical (unpaired) electrons. The highest BCUT2D eigenvalue weighted by atomic mass is 32.1. The number of fused-ring (bicyclic) bond motifs is 1. The fraction of sp³-hybridized carbons (Fsp3) is 0.0769. The maximum Gasteiger partial charge on any atom is 0.123 e. The second-order valence-electron chi connectivity index (χ2n) is 4.23. The van der Waals surface area contributed by atoms with Crippen molar-refractivity contribution in [3.63, 3.8) is 0 Å². The SMILES string of the molecule is Cc1cnsc1-c1cc(N)c2cnc(N)cc2c1. The zero-order valence-electron chi connectivity index (χ0n) is 9.84. The number of benzene rings is 1. The van der Waals surface area contributed by atoms with Gasteiger partial charge in [0.05, 0.1) is 4.88 Å². The van der Waals surface area contributed by atoms with Crippen molar-refractivity contribution in [2.24, 2.45) is 0 Å². The Morgan fingerprint density at radius 3 is 2.67 bits per heavy atom. The summed E-state index contributed by atoms with van der Waals surface area (Å²) in [5.41, 5.74) is 14.7. The number of rotatable bonds is 1. The quantitative estimate of drug-likeness (QED) is 0.656. The first-order valence-corrected chi connectivity index (χ1v) is 6.29. The molecule has 0 aliphatic carbocycles. The second-order valence-corrected chi connectivity index (χ2v) is 5.04. The van der Waals surface area contributed by atoms with Crippen molar-refractivity contribution < 1.29 is 0 Å². The van der Waals surface area contributed by atoms with E-state index in [1.54, 1.807) is 6.20 Å². The molecule has 4 N–H and O–H groups in total. The summed E-state index contributed by atoms with van der Waals surface area (Å²) in [6.45, 7) is 2.04. The van der Waals surface area contributed by atoms with E-state index in [-0.39, 0.29) is 0 Å². The molecule has 3 aromatic rings. The van der Waals surface area contributed by atoms with E-state index in [2.05, 4.69) is 15.4 Å². The number of hydrogen-bond acceptors (Lipinski definition) is 5. The topological polar surface area (TPSA) is 77.8 Å². The van der Waals surface area contributed by atoms with Crippen molar-refractivity contribution in [3.05, 3.63) is 36.2 Å². The van der Waals surface area contributed by atoms with Crippen LogP contribution in [0.1, 0.15) is 5.56 Å². The fourth-order valence-electron chi connectivity index (χ4n) is 2.00. The minimum absolute atomic E-state index is 0.500. The van der Waals surface area contributed by atoms with Gasteiger partial charge in [-0.3, -0.25) is 0 Å². The summed E-state index contributed by atoms with van der Waals surface area (Å²) in [4.78, 5) is 5.20. The number of aryl methyl sites for hydroxylation is 1. The van der Waals surface area contributed by atoms with Gasteiger partial charge in [-0.05, 0) is 53.2 Å². The number of hydrogen-bond donors (Lipinski definition) is 2. The van der Waals surface area contributed by atoms with Crippen molar-refractivity contribution in [3.8, 4) is 10.4 Å². The summed E-state index contributed by atoms with van der Waals surface area (Å²) in [5.74, 6) is 0.500. The summed E-state index contributed by atoms with van der Waals surface area (Å²) in [6, 6.07) is 5.87. The summed E-state index contributed by atoms with van der Waals surface area (Å²) >= 11 is 1.47. The summed E-state index contributed by atoms with van der Waals surface area (Å²) in [5, 5.41) is 1.93. The number of nitrogens with zero attached hydrogens (tertiary/aromatic N) is 2. The van der Waals surface area contributed by atoms with Gasteiger partial charge in [-0.2, -0.15) is 0 Å². The maximum absolute atomic E-state index is 6.07. The van der Waals surface area contributed by atoms with Crippen LogP contribution in [0.3, 0.4) is 0 Å². The number of nitrogens with two attached hydrogens (primary N) is 2. The van der Waals surface area contributed by atoms with E-state index in [1.807, 2.05) is 25.3 Å². The summed E-state index contributed by atoms with van der Waals surface area (Å²) in [6.07, 6.45) is 3.57. The van der Waals surface area contributed by atoms with Crippen molar-refractivity contribution in [2.75, 3.05) is 11.5 Å². The van der Waals surface area contributed by atoms with E-state index in [4.69, 9.17) is 11.5 Å². The molecule has 2 heterocycles. The molecular formula is C13H12N4S. The van der Waals surface area contributed by atoms with Gasteiger partial charge in [-0.1, -0.05) is 0 Å². The predicted octanol–water partition coefficient (Wildman–Crippen LogP) is 2.83. The Balaban J connectivity index is 2.30. The van der Waals surface area contributed by atoms with E-state index >= 15 is 0 Å². The van der Waals surface area contributed by atoms with Crippen LogP contribution in [0.4, 0.5) is 11.5 Å². The fourth-order valence-corrected chi connectivity index (χ4v) is 2.74. The van der Waals surface area contributed by atoms with E-state index < -0.39 is 0 Å². The predicted molar refractivity (Wildman–Crippen MR) is 76.4 cm³/mol. The molecule has 90 valence electrons. The van der Waals surface area contributed by atoms with Crippen LogP contribution in [0, 0.1) is 6.92 Å². The van der Waals surface area contributed by atoms with Crippen molar-refractivity contribution in [1.82, 2.24) is 9.36 Å². The van der Waals surface area contributed by atoms with Crippen LogP contribution in [0.5, 0.6) is 0 Å². The minimum atomic E-state index is 0.500. The molecule has 0 bridgehead atoms. The summed E-state index contributed by atoms with van der Waals surface area (Å²) in [7, 11) is 0. The minimum Gasteiger partial charge on any atom is -0.398 e. The van der Waals surface area contributed by atoms with E-state index in [0.717, 1.165) is 26.8 Å². The van der Waals surface area contributed by atoms with Gasteiger partial charge < -0.3 is 11.5 Å². The molecule has 5 heteroatoms. The lowest BCUT2D eigenvalue weighted by Gasteiger charge is -2.06. The lowest BCUT2D eigenvalue weighted by Crippen LogP contribution is -1.93. The standard InChI is InChI=1S/C13H12N4S/c1-7-5-17-18-13(7)9-2-8-4-12(15)16-6-10(8)11(14)3-9/h2-6H,14H2,1H3,(H2,15,16). The van der Waals surface area contributed by atoms with Crippen molar-refractivity contribution in [2.45, 2.75) is 6.92 Å². The monoisotopic (exact) mass is 256 g/mol. The smallest absolute Gasteiger partial charge is 0.123 e. The molecule has 4 nitrogen and oxygen atoms in total. The van der Waals surface area contributed by atoms with Crippen LogP contribution in [0.2, 0.25) is 0 Å². The molecular weight excluding hydrogens is 244 g/mol. The van der Waals surface area contributed by atoms with Gasteiger partial charge in [0.1, 0.15) is 5.82 Å². The Labute approximate surface area is 108 Å². The zero-order valence-corrected chi connectivity index (χ0v) is 10.7. The average Bonchev–Trinajstić information content (AvgIpc) is 2.74. The lowest BCUT2D eigenvalue weighted by atomic mass is 10.0. The third-order valence-electron chi connectivity index (χ3n) is 2.90. The zero-order chi connectivity index (χ0) is 12.7. The molecule has 0 amide bonds. The second kappa shape index (κ2) is 3.96. The van der Waals surface area contributed by atoms with E-state index in [0.29, 0.717) is 11.5 Å². The molecule has 18 heavy (non-hydrogen) atoms. The third-order valence-corrected chi connectivity index (χ3v) is 3.85. The van der Waals surface area contributed by atoms with Crippen LogP contribution in [-0.2, 0) is 0 Å². The number of aromatic nitrogens is 2. The van der Waals surface area contributed by atoms with Gasteiger partial charge in [0, 0.05) is 23.5 Å². The van der Waals surface area contributed by atoms with Crippen LogP contribution < -0.4 is 11.5 Å². The number of nitrogen functional groups attached to an aromatic ring is 2. The maximum atomic E-state index is 6.07. The first-order chi connectivity index (χ1) is 8.65. The average molecular weight is 256 g/mol. The molecule has 3 rings (SSSR count). The lowest BCUT2D eigenvalue weighted by molar-refractivity contribution is 1.37. The van der Waals surface area contributed by atoms with Gasteiger partial charge in [-0.25, -0.2) is 9.36 Å². The first kappa shape index (κ1) is 11.0. The number of anilines is 2. The van der Waals surface area contributed by atoms with Crippen molar-refractivity contribution >= 4 is 33.8 Å². The molecule has 0 spiro atoms. The van der Waals surface area contributed by atoms with Crippen LogP contribution in [-0.4, -0.2) is 9.36 Å². The highest BCUT2D eigenvalue weighted by Gasteiger charge is 2.08. The van der Waals surface area contributed by atoms with Crippen molar-refractivity contribution in [1.29, 1.82) is 0 Å². The Morgan fingerprint density at radius 2 is 1.94 bits per heavy atom. The molecule has 0 atom stereocenters. The first-order valence-electron chi connectivity index (χ1n) is 5.51. The van der Waals surface area contributed by atoms with Gasteiger partial charge >= 0.3 is 0 Å². The Morgan fingerprint density at radius 1 is 1.11 bits per heavy atom. The Hall–Kier alpha value is -2.14. The van der Waals surface area contributed by atoms with Crippen LogP contribution in [0.15, 0.2) is 30.6 Å². The molecule has 0 aliphatic rings. The van der Waals surface area contributed by atoms with Crippen LogP contribution >= 0.6 is 11.5 Å². The molecule has 0 aliphatic heterocycles. The highest BCUT2D eigenvalue weighted by Crippen LogP contribution is 2.33. The summed E-state index contributed by atoms with van der Waals surface area (Å²) < 4.78 is 4.19. The Kier molecular flexibility index (Phi) is 2.41. The van der Waals surface area contributed by atoms with Crippen LogP contribution in [0.25, 0.3) is 21.2 Å². The molecule has 2 aromatic heterocycles. The molecule has 0 unspecified atom stereocenters. The third kappa shape index (κ3) is 1.69. The Bertz CT molecular complexity index is 733. The van der Waals surface area contributed by atoms with Gasteiger partial charge in [0.2, 0.25) is 0 Å². The van der Waals surface area contributed by atoms with E-state index in [9.17, 15) is 0 Å².